The summed E-state index contributed by atoms with van der Waals surface area (Å²) < 4.78 is 25.2. The number of carbonyl (C=O) groups is 1. The molecule has 6 nitrogen and oxygen atoms in total. The van der Waals surface area contributed by atoms with Crippen molar-refractivity contribution in [1.29, 1.82) is 5.26 Å². The van der Waals surface area contributed by atoms with Gasteiger partial charge in [0.2, 0.25) is 0 Å². The Balaban J connectivity index is 1.37. The van der Waals surface area contributed by atoms with Crippen molar-refractivity contribution in [2.24, 2.45) is 0 Å². The molecule has 4 aromatic rings. The molecule has 1 amide bonds. The monoisotopic (exact) mass is 693 g/mol. The number of piperidine rings is 1. The fourth-order valence-electron chi connectivity index (χ4n) is 6.54. The van der Waals surface area contributed by atoms with Crippen LogP contribution in [0.15, 0.2) is 82.6 Å². The number of amides is 1. The van der Waals surface area contributed by atoms with Gasteiger partial charge in [-0.1, -0.05) is 71.7 Å². The Morgan fingerprint density at radius 3 is 2.35 bits per heavy atom. The van der Waals surface area contributed by atoms with Gasteiger partial charge in [-0.05, 0) is 91.0 Å². The van der Waals surface area contributed by atoms with Gasteiger partial charge in [0.25, 0.3) is 5.91 Å². The first-order valence-electron chi connectivity index (χ1n) is 15.2. The number of halogens is 2. The summed E-state index contributed by atoms with van der Waals surface area (Å²) in [6, 6.07) is 24.9. The first-order valence-corrected chi connectivity index (χ1v) is 19.1. The zero-order chi connectivity index (χ0) is 33.0. The van der Waals surface area contributed by atoms with Gasteiger partial charge < -0.3 is 9.80 Å². The topological polar surface area (TPSA) is 81.5 Å². The molecule has 0 aliphatic carbocycles. The van der Waals surface area contributed by atoms with E-state index in [-0.39, 0.29) is 22.3 Å². The summed E-state index contributed by atoms with van der Waals surface area (Å²) in [5.74, 6) is 0.0466. The van der Waals surface area contributed by atoms with Crippen LogP contribution in [0.1, 0.15) is 58.1 Å². The molecule has 1 saturated heterocycles. The molecular weight excluding hydrogens is 657 g/mol. The van der Waals surface area contributed by atoms with E-state index in [0.717, 1.165) is 54.7 Å². The van der Waals surface area contributed by atoms with E-state index in [4.69, 9.17) is 23.2 Å². The van der Waals surface area contributed by atoms with E-state index in [0.29, 0.717) is 33.5 Å². The lowest BCUT2D eigenvalue weighted by Crippen LogP contribution is -2.36. The molecule has 46 heavy (non-hydrogen) atoms. The van der Waals surface area contributed by atoms with Crippen molar-refractivity contribution in [1.82, 2.24) is 9.80 Å². The first-order chi connectivity index (χ1) is 22.1. The van der Waals surface area contributed by atoms with Crippen LogP contribution in [-0.2, 0) is 21.6 Å². The molecule has 10 heteroatoms. The molecule has 0 saturated carbocycles. The number of benzene rings is 4. The summed E-state index contributed by atoms with van der Waals surface area (Å²) in [6.07, 6.45) is 6.00. The SMILES string of the molecule is CN(CC(CCN1CCC(c2ccccc2[S@](C)=O)CC1)c1ccc(Cl)c(Cl)c1)C(=O)c1c(S(C)=O)c(C#N)cc2ccccc12. The maximum atomic E-state index is 14.2. The molecule has 5 rings (SSSR count). The zero-order valence-corrected chi connectivity index (χ0v) is 29.3. The zero-order valence-electron chi connectivity index (χ0n) is 26.2. The van der Waals surface area contributed by atoms with Crippen molar-refractivity contribution in [3.8, 4) is 6.07 Å². The summed E-state index contributed by atoms with van der Waals surface area (Å²) in [5.41, 5.74) is 2.73. The van der Waals surface area contributed by atoms with Crippen LogP contribution in [0.5, 0.6) is 0 Å². The molecule has 240 valence electrons. The van der Waals surface area contributed by atoms with Crippen LogP contribution in [0, 0.1) is 11.3 Å². The molecule has 2 unspecified atom stereocenters. The Kier molecular flexibility index (Phi) is 11.3. The average Bonchev–Trinajstić information content (AvgIpc) is 3.06. The largest absolute Gasteiger partial charge is 0.341 e. The van der Waals surface area contributed by atoms with Gasteiger partial charge in [-0.3, -0.25) is 13.2 Å². The first kappa shape index (κ1) is 34.3. The third kappa shape index (κ3) is 7.56. The van der Waals surface area contributed by atoms with E-state index in [2.05, 4.69) is 17.0 Å². The fraction of sp³-hybridized carbons (Fsp3) is 0.333. The highest BCUT2D eigenvalue weighted by Gasteiger charge is 2.28. The lowest BCUT2D eigenvalue weighted by Gasteiger charge is -2.34. The number of likely N-dealkylation sites (N-methyl/N-ethyl adjacent to an activating group) is 1. The minimum atomic E-state index is -1.55. The Morgan fingerprint density at radius 1 is 0.978 bits per heavy atom. The van der Waals surface area contributed by atoms with Crippen LogP contribution in [0.3, 0.4) is 0 Å². The highest BCUT2D eigenvalue weighted by atomic mass is 35.5. The third-order valence-electron chi connectivity index (χ3n) is 8.93. The maximum Gasteiger partial charge on any atom is 0.255 e. The smallest absolute Gasteiger partial charge is 0.255 e. The van der Waals surface area contributed by atoms with Gasteiger partial charge >= 0.3 is 0 Å². The number of hydrogen-bond acceptors (Lipinski definition) is 5. The number of fused-ring (bicyclic) bond motifs is 1. The van der Waals surface area contributed by atoms with E-state index >= 15 is 0 Å². The van der Waals surface area contributed by atoms with Crippen LogP contribution < -0.4 is 0 Å². The third-order valence-corrected chi connectivity index (χ3v) is 11.7. The van der Waals surface area contributed by atoms with Crippen LogP contribution in [-0.4, -0.2) is 69.9 Å². The van der Waals surface area contributed by atoms with Gasteiger partial charge in [-0.15, -0.1) is 0 Å². The van der Waals surface area contributed by atoms with Gasteiger partial charge in [0, 0.05) is 36.9 Å². The second-order valence-corrected chi connectivity index (χ2v) is 15.3. The lowest BCUT2D eigenvalue weighted by atomic mass is 9.88. The lowest BCUT2D eigenvalue weighted by molar-refractivity contribution is 0.0780. The summed E-state index contributed by atoms with van der Waals surface area (Å²) >= 11 is 12.7. The van der Waals surface area contributed by atoms with E-state index in [9.17, 15) is 18.5 Å². The Bertz CT molecular complexity index is 1850. The van der Waals surface area contributed by atoms with Crippen molar-refractivity contribution in [3.63, 3.8) is 0 Å². The van der Waals surface area contributed by atoms with Crippen molar-refractivity contribution >= 4 is 61.5 Å². The Hall–Kier alpha value is -3.06. The van der Waals surface area contributed by atoms with Crippen molar-refractivity contribution in [3.05, 3.63) is 105 Å². The standard InChI is InChI=1S/C36H37Cl2N3O3S2/c1-40(36(42)34-30-10-5-4-8-26(30)20-28(22-39)35(34)46(3)44)23-27(25-12-13-31(37)32(38)21-25)16-19-41-17-14-24(15-18-41)29-9-6-7-11-33(29)45(2)43/h4-13,20-21,24,27H,14-19,23H2,1-3H3/t27?,45-,46?/m0/s1. The molecule has 1 fully saturated rings. The molecule has 0 bridgehead atoms. The highest BCUT2D eigenvalue weighted by molar-refractivity contribution is 7.84. The van der Waals surface area contributed by atoms with Crippen molar-refractivity contribution < 1.29 is 13.2 Å². The van der Waals surface area contributed by atoms with Crippen molar-refractivity contribution in [2.75, 3.05) is 45.7 Å². The average molecular weight is 695 g/mol. The minimum absolute atomic E-state index is 0.0503. The Labute approximate surface area is 286 Å². The predicted octanol–water partition coefficient (Wildman–Crippen LogP) is 7.62. The number of hydrogen-bond donors (Lipinski definition) is 0. The summed E-state index contributed by atoms with van der Waals surface area (Å²) in [4.78, 5) is 19.5. The minimum Gasteiger partial charge on any atom is -0.341 e. The molecular formula is C36H37Cl2N3O3S2. The van der Waals surface area contributed by atoms with Crippen LogP contribution in [0.4, 0.5) is 0 Å². The van der Waals surface area contributed by atoms with E-state index in [1.165, 1.54) is 11.8 Å². The van der Waals surface area contributed by atoms with E-state index in [1.54, 1.807) is 30.3 Å². The molecule has 0 spiro atoms. The molecule has 0 radical (unpaired) electrons. The Morgan fingerprint density at radius 2 is 1.67 bits per heavy atom. The molecule has 1 aliphatic heterocycles. The molecule has 0 aromatic heterocycles. The quantitative estimate of drug-likeness (QED) is 0.171. The number of rotatable bonds is 10. The number of carbonyl (C=O) groups excluding carboxylic acids is 1. The maximum absolute atomic E-state index is 14.2. The van der Waals surface area contributed by atoms with Gasteiger partial charge in [0.1, 0.15) is 6.07 Å². The molecule has 0 N–H and O–H groups in total. The number of nitrogens with zero attached hydrogens (tertiary/aromatic N) is 3. The summed E-state index contributed by atoms with van der Waals surface area (Å²) in [6.45, 7) is 3.08. The van der Waals surface area contributed by atoms with Crippen LogP contribution in [0.25, 0.3) is 10.8 Å². The normalized spacial score (nSPS) is 16.1. The number of nitriles is 1. The fourth-order valence-corrected chi connectivity index (χ4v) is 8.58. The molecule has 3 atom stereocenters. The highest BCUT2D eigenvalue weighted by Crippen LogP contribution is 2.34. The molecule has 4 aromatic carbocycles. The summed E-state index contributed by atoms with van der Waals surface area (Å²) in [7, 11) is -0.822. The summed E-state index contributed by atoms with van der Waals surface area (Å²) in [5, 5.41) is 12.2. The van der Waals surface area contributed by atoms with Gasteiger partial charge in [-0.2, -0.15) is 5.26 Å². The van der Waals surface area contributed by atoms with E-state index < -0.39 is 21.6 Å². The second-order valence-electron chi connectivity index (χ2n) is 11.9. The van der Waals surface area contributed by atoms with Gasteiger partial charge in [0.05, 0.1) is 47.7 Å². The van der Waals surface area contributed by atoms with Crippen LogP contribution >= 0.6 is 23.2 Å². The second kappa shape index (κ2) is 15.2. The predicted molar refractivity (Wildman–Crippen MR) is 189 cm³/mol. The van der Waals surface area contributed by atoms with Crippen LogP contribution in [0.2, 0.25) is 10.0 Å². The van der Waals surface area contributed by atoms with Crippen molar-refractivity contribution in [2.45, 2.75) is 40.9 Å². The van der Waals surface area contributed by atoms with Gasteiger partial charge in [0.15, 0.2) is 0 Å². The number of likely N-dealkylation sites (tertiary alicyclic amines) is 1. The molecule has 1 aliphatic rings. The molecule has 1 heterocycles. The van der Waals surface area contributed by atoms with Gasteiger partial charge in [-0.25, -0.2) is 0 Å². The van der Waals surface area contributed by atoms with E-state index in [1.807, 2.05) is 54.6 Å².